The first-order chi connectivity index (χ1) is 9.81. The van der Waals surface area contributed by atoms with Crippen LogP contribution in [0, 0.1) is 6.92 Å². The van der Waals surface area contributed by atoms with E-state index in [2.05, 4.69) is 41.4 Å². The van der Waals surface area contributed by atoms with Gasteiger partial charge in [-0.15, -0.1) is 0 Å². The van der Waals surface area contributed by atoms with Gasteiger partial charge < -0.3 is 9.73 Å². The molecule has 2 aromatic rings. The van der Waals surface area contributed by atoms with E-state index in [0.29, 0.717) is 0 Å². The van der Waals surface area contributed by atoms with Gasteiger partial charge in [-0.3, -0.25) is 4.90 Å². The SMILES string of the molecule is Cc1ccoc1CNc1cccc(CN2CCCC2)c1. The van der Waals surface area contributed by atoms with Crippen molar-refractivity contribution in [2.24, 2.45) is 0 Å². The summed E-state index contributed by atoms with van der Waals surface area (Å²) in [4.78, 5) is 2.52. The van der Waals surface area contributed by atoms with Crippen molar-refractivity contribution in [2.75, 3.05) is 18.4 Å². The first kappa shape index (κ1) is 13.3. The van der Waals surface area contributed by atoms with Crippen LogP contribution in [-0.4, -0.2) is 18.0 Å². The Bertz CT molecular complexity index is 556. The third kappa shape index (κ3) is 3.23. The van der Waals surface area contributed by atoms with Crippen LogP contribution >= 0.6 is 0 Å². The van der Waals surface area contributed by atoms with E-state index in [1.54, 1.807) is 6.26 Å². The molecule has 0 saturated carbocycles. The number of nitrogens with one attached hydrogen (secondary N) is 1. The highest BCUT2D eigenvalue weighted by atomic mass is 16.3. The second-order valence-corrected chi connectivity index (χ2v) is 5.56. The Morgan fingerprint density at radius 2 is 2.05 bits per heavy atom. The monoisotopic (exact) mass is 270 g/mol. The number of anilines is 1. The Hall–Kier alpha value is -1.74. The van der Waals surface area contributed by atoms with Crippen molar-refractivity contribution in [2.45, 2.75) is 32.9 Å². The van der Waals surface area contributed by atoms with Gasteiger partial charge in [-0.1, -0.05) is 12.1 Å². The van der Waals surface area contributed by atoms with Crippen LogP contribution in [0.25, 0.3) is 0 Å². The first-order valence-corrected chi connectivity index (χ1v) is 7.39. The molecule has 0 atom stereocenters. The zero-order valence-corrected chi connectivity index (χ0v) is 12.1. The van der Waals surface area contributed by atoms with Crippen LogP contribution in [0.15, 0.2) is 41.0 Å². The Morgan fingerprint density at radius 3 is 2.80 bits per heavy atom. The predicted molar refractivity (Wildman–Crippen MR) is 81.7 cm³/mol. The summed E-state index contributed by atoms with van der Waals surface area (Å²) in [5.41, 5.74) is 3.75. The zero-order chi connectivity index (χ0) is 13.8. The molecule has 1 aromatic carbocycles. The molecule has 0 amide bonds. The fourth-order valence-corrected chi connectivity index (χ4v) is 2.75. The molecule has 0 radical (unpaired) electrons. The van der Waals surface area contributed by atoms with E-state index in [1.807, 2.05) is 6.07 Å². The minimum atomic E-state index is 0.742. The Labute approximate surface area is 120 Å². The molecule has 1 aliphatic heterocycles. The van der Waals surface area contributed by atoms with Crippen molar-refractivity contribution >= 4 is 5.69 Å². The second-order valence-electron chi connectivity index (χ2n) is 5.56. The topological polar surface area (TPSA) is 28.4 Å². The highest BCUT2D eigenvalue weighted by molar-refractivity contribution is 5.46. The lowest BCUT2D eigenvalue weighted by Gasteiger charge is -2.15. The van der Waals surface area contributed by atoms with E-state index in [-0.39, 0.29) is 0 Å². The molecule has 0 unspecified atom stereocenters. The third-order valence-electron chi connectivity index (χ3n) is 3.95. The summed E-state index contributed by atoms with van der Waals surface area (Å²) < 4.78 is 5.45. The van der Waals surface area contributed by atoms with E-state index in [4.69, 9.17) is 4.42 Å². The molecule has 1 N–H and O–H groups in total. The lowest BCUT2D eigenvalue weighted by molar-refractivity contribution is 0.331. The molecule has 2 heterocycles. The predicted octanol–water partition coefficient (Wildman–Crippen LogP) is 3.80. The van der Waals surface area contributed by atoms with Crippen LogP contribution in [0.4, 0.5) is 5.69 Å². The molecule has 1 aromatic heterocycles. The van der Waals surface area contributed by atoms with E-state index in [9.17, 15) is 0 Å². The number of hydrogen-bond acceptors (Lipinski definition) is 3. The van der Waals surface area contributed by atoms with Gasteiger partial charge in [-0.2, -0.15) is 0 Å². The molecule has 1 aliphatic rings. The molecule has 106 valence electrons. The average molecular weight is 270 g/mol. The number of hydrogen-bond donors (Lipinski definition) is 1. The van der Waals surface area contributed by atoms with E-state index >= 15 is 0 Å². The minimum Gasteiger partial charge on any atom is -0.467 e. The van der Waals surface area contributed by atoms with E-state index in [1.165, 1.54) is 37.1 Å². The van der Waals surface area contributed by atoms with Gasteiger partial charge in [0.15, 0.2) is 0 Å². The molecule has 3 heteroatoms. The molecule has 1 saturated heterocycles. The maximum Gasteiger partial charge on any atom is 0.125 e. The lowest BCUT2D eigenvalue weighted by Crippen LogP contribution is -2.18. The number of benzene rings is 1. The van der Waals surface area contributed by atoms with Crippen molar-refractivity contribution < 1.29 is 4.42 Å². The fraction of sp³-hybridized carbons (Fsp3) is 0.412. The molecule has 1 fully saturated rings. The van der Waals surface area contributed by atoms with Crippen molar-refractivity contribution in [3.63, 3.8) is 0 Å². The summed E-state index contributed by atoms with van der Waals surface area (Å²) in [6, 6.07) is 10.7. The molecule has 3 rings (SSSR count). The first-order valence-electron chi connectivity index (χ1n) is 7.39. The summed E-state index contributed by atoms with van der Waals surface area (Å²) in [5, 5.41) is 3.44. The standard InChI is InChI=1S/C17H22N2O/c1-14-7-10-20-17(14)12-18-16-6-4-5-15(11-16)13-19-8-2-3-9-19/h4-7,10-11,18H,2-3,8-9,12-13H2,1H3. The largest absolute Gasteiger partial charge is 0.467 e. The number of nitrogens with zero attached hydrogens (tertiary/aromatic N) is 1. The van der Waals surface area contributed by atoms with Crippen molar-refractivity contribution in [1.82, 2.24) is 4.90 Å². The van der Waals surface area contributed by atoms with Crippen LogP contribution in [0.5, 0.6) is 0 Å². The lowest BCUT2D eigenvalue weighted by atomic mass is 10.2. The Balaban J connectivity index is 1.60. The second kappa shape index (κ2) is 6.14. The quantitative estimate of drug-likeness (QED) is 0.896. The molecule has 0 aliphatic carbocycles. The van der Waals surface area contributed by atoms with Crippen LogP contribution in [0.1, 0.15) is 29.7 Å². The van der Waals surface area contributed by atoms with E-state index in [0.717, 1.165) is 24.5 Å². The number of rotatable bonds is 5. The van der Waals surface area contributed by atoms with Gasteiger partial charge in [0.2, 0.25) is 0 Å². The molecular formula is C17H22N2O. The third-order valence-corrected chi connectivity index (χ3v) is 3.95. The number of likely N-dealkylation sites (tertiary alicyclic amines) is 1. The highest BCUT2D eigenvalue weighted by Gasteiger charge is 2.11. The highest BCUT2D eigenvalue weighted by Crippen LogP contribution is 2.17. The van der Waals surface area contributed by atoms with Crippen molar-refractivity contribution in [3.05, 3.63) is 53.5 Å². The summed E-state index contributed by atoms with van der Waals surface area (Å²) in [6.07, 6.45) is 4.43. The molecule has 3 nitrogen and oxygen atoms in total. The number of aryl methyl sites for hydroxylation is 1. The van der Waals surface area contributed by atoms with Crippen LogP contribution in [-0.2, 0) is 13.1 Å². The smallest absolute Gasteiger partial charge is 0.125 e. The zero-order valence-electron chi connectivity index (χ0n) is 12.1. The molecule has 0 spiro atoms. The van der Waals surface area contributed by atoms with Crippen molar-refractivity contribution in [1.29, 1.82) is 0 Å². The summed E-state index contributed by atoms with van der Waals surface area (Å²) in [7, 11) is 0. The van der Waals surface area contributed by atoms with E-state index < -0.39 is 0 Å². The summed E-state index contributed by atoms with van der Waals surface area (Å²) in [5.74, 6) is 1.01. The average Bonchev–Trinajstić information content (AvgIpc) is 3.09. The number of furan rings is 1. The molecular weight excluding hydrogens is 248 g/mol. The van der Waals surface area contributed by atoms with Gasteiger partial charge >= 0.3 is 0 Å². The van der Waals surface area contributed by atoms with Gasteiger partial charge in [-0.05, 0) is 62.2 Å². The Kier molecular flexibility index (Phi) is 4.07. The van der Waals surface area contributed by atoms with Crippen molar-refractivity contribution in [3.8, 4) is 0 Å². The normalized spacial score (nSPS) is 15.7. The maximum absolute atomic E-state index is 5.45. The van der Waals surface area contributed by atoms with Crippen LogP contribution < -0.4 is 5.32 Å². The summed E-state index contributed by atoms with van der Waals surface area (Å²) >= 11 is 0. The van der Waals surface area contributed by atoms with Gasteiger partial charge in [0, 0.05) is 12.2 Å². The van der Waals surface area contributed by atoms with Gasteiger partial charge in [0.25, 0.3) is 0 Å². The van der Waals surface area contributed by atoms with Crippen LogP contribution in [0.3, 0.4) is 0 Å². The van der Waals surface area contributed by atoms with Crippen LogP contribution in [0.2, 0.25) is 0 Å². The maximum atomic E-state index is 5.45. The van der Waals surface area contributed by atoms with Gasteiger partial charge in [0.05, 0.1) is 12.8 Å². The summed E-state index contributed by atoms with van der Waals surface area (Å²) in [6.45, 7) is 6.36. The Morgan fingerprint density at radius 1 is 1.20 bits per heavy atom. The molecule has 20 heavy (non-hydrogen) atoms. The van der Waals surface area contributed by atoms with Gasteiger partial charge in [0.1, 0.15) is 5.76 Å². The fourth-order valence-electron chi connectivity index (χ4n) is 2.75. The van der Waals surface area contributed by atoms with Gasteiger partial charge in [-0.25, -0.2) is 0 Å². The molecule has 0 bridgehead atoms. The minimum absolute atomic E-state index is 0.742.